The van der Waals surface area contributed by atoms with Crippen LogP contribution in [0.25, 0.3) is 0 Å². The first-order chi connectivity index (χ1) is 7.82. The highest BCUT2D eigenvalue weighted by Gasteiger charge is 2.31. The minimum Gasteiger partial charge on any atom is -0.481 e. The van der Waals surface area contributed by atoms with Gasteiger partial charge in [-0.3, -0.25) is 9.59 Å². The zero-order valence-corrected chi connectivity index (χ0v) is 10.2. The number of rotatable bonds is 5. The lowest BCUT2D eigenvalue weighted by molar-refractivity contribution is -0.142. The molecule has 3 atom stereocenters. The third kappa shape index (κ3) is 4.32. The summed E-state index contributed by atoms with van der Waals surface area (Å²) in [6, 6.07) is -0.240. The van der Waals surface area contributed by atoms with Crippen molar-refractivity contribution in [3.05, 3.63) is 0 Å². The number of carboxylic acid groups (broad SMARTS) is 1. The Labute approximate surface area is 100 Å². The van der Waals surface area contributed by atoms with Crippen LogP contribution in [-0.2, 0) is 9.59 Å². The molecule has 0 saturated carbocycles. The van der Waals surface area contributed by atoms with Gasteiger partial charge in [0.2, 0.25) is 5.91 Å². The fraction of sp³-hybridized carbons (Fsp3) is 0.818. The van der Waals surface area contributed by atoms with Gasteiger partial charge in [0.05, 0.1) is 18.1 Å². The molecule has 17 heavy (non-hydrogen) atoms. The van der Waals surface area contributed by atoms with Crippen molar-refractivity contribution < 1.29 is 19.8 Å². The normalized spacial score (nSPS) is 27.5. The molecule has 1 heterocycles. The van der Waals surface area contributed by atoms with E-state index in [1.807, 2.05) is 6.92 Å². The maximum atomic E-state index is 11.8. The summed E-state index contributed by atoms with van der Waals surface area (Å²) < 4.78 is 0. The van der Waals surface area contributed by atoms with Crippen molar-refractivity contribution in [3.8, 4) is 0 Å². The molecule has 1 amide bonds. The van der Waals surface area contributed by atoms with Crippen molar-refractivity contribution in [2.45, 2.75) is 38.3 Å². The van der Waals surface area contributed by atoms with E-state index in [0.29, 0.717) is 0 Å². The lowest BCUT2D eigenvalue weighted by Gasteiger charge is -2.23. The van der Waals surface area contributed by atoms with E-state index in [2.05, 4.69) is 10.6 Å². The molecule has 4 N–H and O–H groups in total. The largest absolute Gasteiger partial charge is 0.481 e. The van der Waals surface area contributed by atoms with Crippen LogP contribution in [0.15, 0.2) is 0 Å². The average Bonchev–Trinajstić information content (AvgIpc) is 2.59. The van der Waals surface area contributed by atoms with Gasteiger partial charge in [-0.1, -0.05) is 6.92 Å². The molecule has 0 bridgehead atoms. The van der Waals surface area contributed by atoms with Crippen molar-refractivity contribution in [2.75, 3.05) is 13.1 Å². The smallest absolute Gasteiger partial charge is 0.306 e. The molecular weight excluding hydrogens is 224 g/mol. The molecule has 0 aromatic carbocycles. The van der Waals surface area contributed by atoms with Crippen LogP contribution in [0.4, 0.5) is 0 Å². The van der Waals surface area contributed by atoms with Gasteiger partial charge >= 0.3 is 5.97 Å². The zero-order valence-electron chi connectivity index (χ0n) is 10.2. The molecule has 1 saturated heterocycles. The molecule has 1 fully saturated rings. The molecular formula is C11H20N2O4. The zero-order chi connectivity index (χ0) is 13.1. The van der Waals surface area contributed by atoms with Crippen LogP contribution in [0.2, 0.25) is 0 Å². The predicted molar refractivity (Wildman–Crippen MR) is 61.5 cm³/mol. The highest BCUT2D eigenvalue weighted by molar-refractivity contribution is 5.82. The number of carboxylic acids is 1. The summed E-state index contributed by atoms with van der Waals surface area (Å²) in [5, 5.41) is 24.0. The maximum absolute atomic E-state index is 11.8. The van der Waals surface area contributed by atoms with Crippen molar-refractivity contribution >= 4 is 11.9 Å². The Morgan fingerprint density at radius 1 is 1.53 bits per heavy atom. The lowest BCUT2D eigenvalue weighted by atomic mass is 10.0. The van der Waals surface area contributed by atoms with Gasteiger partial charge in [0.1, 0.15) is 0 Å². The number of amides is 1. The summed E-state index contributed by atoms with van der Waals surface area (Å²) in [5.74, 6) is -1.00. The summed E-state index contributed by atoms with van der Waals surface area (Å²) in [5.41, 5.74) is -1.41. The van der Waals surface area contributed by atoms with Crippen LogP contribution >= 0.6 is 0 Å². The topological polar surface area (TPSA) is 98.7 Å². The molecule has 6 heteroatoms. The third-order valence-corrected chi connectivity index (χ3v) is 2.99. The molecule has 1 aliphatic rings. The maximum Gasteiger partial charge on any atom is 0.306 e. The van der Waals surface area contributed by atoms with E-state index in [1.54, 1.807) is 0 Å². The molecule has 0 aliphatic carbocycles. The van der Waals surface area contributed by atoms with Gasteiger partial charge in [0.15, 0.2) is 0 Å². The summed E-state index contributed by atoms with van der Waals surface area (Å²) in [6.07, 6.45) is 0.560. The summed E-state index contributed by atoms with van der Waals surface area (Å²) in [4.78, 5) is 22.2. The number of aliphatic hydroxyl groups is 1. The Hall–Kier alpha value is -1.14. The van der Waals surface area contributed by atoms with Crippen molar-refractivity contribution in [3.63, 3.8) is 0 Å². The fourth-order valence-electron chi connectivity index (χ4n) is 1.96. The van der Waals surface area contributed by atoms with Crippen LogP contribution < -0.4 is 10.6 Å². The van der Waals surface area contributed by atoms with Crippen LogP contribution in [0.3, 0.4) is 0 Å². The number of carbonyl (C=O) groups is 2. The minimum atomic E-state index is -1.41. The van der Waals surface area contributed by atoms with Crippen molar-refractivity contribution in [1.29, 1.82) is 0 Å². The van der Waals surface area contributed by atoms with Crippen molar-refractivity contribution in [1.82, 2.24) is 10.6 Å². The first-order valence-electron chi connectivity index (χ1n) is 5.77. The first-order valence-corrected chi connectivity index (χ1v) is 5.77. The quantitative estimate of drug-likeness (QED) is 0.514. The lowest BCUT2D eigenvalue weighted by Crippen LogP contribution is -2.49. The molecule has 0 spiro atoms. The van der Waals surface area contributed by atoms with E-state index in [-0.39, 0.29) is 30.8 Å². The summed E-state index contributed by atoms with van der Waals surface area (Å²) >= 11 is 0. The monoisotopic (exact) mass is 244 g/mol. The summed E-state index contributed by atoms with van der Waals surface area (Å²) in [7, 11) is 0. The fourth-order valence-corrected chi connectivity index (χ4v) is 1.96. The Morgan fingerprint density at radius 2 is 2.18 bits per heavy atom. The van der Waals surface area contributed by atoms with E-state index in [9.17, 15) is 14.7 Å². The average molecular weight is 244 g/mol. The van der Waals surface area contributed by atoms with Gasteiger partial charge < -0.3 is 20.8 Å². The predicted octanol–water partition coefficient (Wildman–Crippen LogP) is -0.674. The van der Waals surface area contributed by atoms with Crippen LogP contribution in [0.5, 0.6) is 0 Å². The Balaban J connectivity index is 2.39. The number of aliphatic carboxylic acids is 1. The Kier molecular flexibility index (Phi) is 4.47. The Bertz CT molecular complexity index is 304. The van der Waals surface area contributed by atoms with Gasteiger partial charge in [-0.2, -0.15) is 0 Å². The van der Waals surface area contributed by atoms with E-state index in [4.69, 9.17) is 5.11 Å². The van der Waals surface area contributed by atoms with E-state index in [1.165, 1.54) is 6.92 Å². The molecule has 0 aromatic heterocycles. The van der Waals surface area contributed by atoms with E-state index in [0.717, 1.165) is 13.0 Å². The molecule has 6 nitrogen and oxygen atoms in total. The molecule has 0 aromatic rings. The molecule has 1 rings (SSSR count). The second kappa shape index (κ2) is 5.46. The van der Waals surface area contributed by atoms with Gasteiger partial charge in [-0.05, 0) is 25.8 Å². The van der Waals surface area contributed by atoms with Crippen LogP contribution in [0.1, 0.15) is 26.7 Å². The summed E-state index contributed by atoms with van der Waals surface area (Å²) in [6.45, 7) is 4.14. The highest BCUT2D eigenvalue weighted by Crippen LogP contribution is 2.15. The van der Waals surface area contributed by atoms with E-state index < -0.39 is 11.6 Å². The third-order valence-electron chi connectivity index (χ3n) is 2.99. The SMILES string of the molecule is CC1CCNC1C(=O)NCC(C)(O)CC(=O)O. The molecule has 0 radical (unpaired) electrons. The number of carbonyl (C=O) groups excluding carboxylic acids is 1. The highest BCUT2D eigenvalue weighted by atomic mass is 16.4. The standard InChI is InChI=1S/C11H20N2O4/c1-7-3-4-12-9(7)10(16)13-6-11(2,17)5-8(14)15/h7,9,12,17H,3-6H2,1-2H3,(H,13,16)(H,14,15). The van der Waals surface area contributed by atoms with Crippen molar-refractivity contribution in [2.24, 2.45) is 5.92 Å². The van der Waals surface area contributed by atoms with Gasteiger partial charge in [0.25, 0.3) is 0 Å². The number of nitrogens with one attached hydrogen (secondary N) is 2. The molecule has 3 unspecified atom stereocenters. The minimum absolute atomic E-state index is 0.0525. The second-order valence-electron chi connectivity index (χ2n) is 4.98. The molecule has 1 aliphatic heterocycles. The second-order valence-corrected chi connectivity index (χ2v) is 4.98. The number of hydrogen-bond donors (Lipinski definition) is 4. The van der Waals surface area contributed by atoms with Gasteiger partial charge in [-0.25, -0.2) is 0 Å². The number of hydrogen-bond acceptors (Lipinski definition) is 4. The molecule has 98 valence electrons. The first kappa shape index (κ1) is 13.9. The van der Waals surface area contributed by atoms with Gasteiger partial charge in [0, 0.05) is 6.54 Å². The van der Waals surface area contributed by atoms with Crippen LogP contribution in [0, 0.1) is 5.92 Å². The Morgan fingerprint density at radius 3 is 2.65 bits per heavy atom. The van der Waals surface area contributed by atoms with Gasteiger partial charge in [-0.15, -0.1) is 0 Å². The van der Waals surface area contributed by atoms with E-state index >= 15 is 0 Å². The van der Waals surface area contributed by atoms with Crippen LogP contribution in [-0.4, -0.2) is 46.8 Å².